The van der Waals surface area contributed by atoms with Crippen molar-refractivity contribution in [2.45, 2.75) is 32.9 Å². The van der Waals surface area contributed by atoms with Crippen LogP contribution in [0.4, 0.5) is 0 Å². The monoisotopic (exact) mass is 280 g/mol. The number of hydrogen-bond acceptors (Lipinski definition) is 4. The average molecular weight is 280 g/mol. The minimum atomic E-state index is -0.261. The van der Waals surface area contributed by atoms with E-state index in [0.717, 1.165) is 5.56 Å². The molecule has 0 fully saturated rings. The van der Waals surface area contributed by atoms with Crippen LogP contribution in [0.15, 0.2) is 24.3 Å². The van der Waals surface area contributed by atoms with Gasteiger partial charge in [0.2, 0.25) is 0 Å². The van der Waals surface area contributed by atoms with E-state index < -0.39 is 0 Å². The summed E-state index contributed by atoms with van der Waals surface area (Å²) in [5, 5.41) is 14.7. The molecule has 0 heterocycles. The van der Waals surface area contributed by atoms with E-state index in [1.54, 1.807) is 0 Å². The number of carbonyl (C=O) groups excluding carboxylic acids is 1. The van der Waals surface area contributed by atoms with Crippen LogP contribution in [-0.4, -0.2) is 36.3 Å². The maximum atomic E-state index is 11.7. The summed E-state index contributed by atoms with van der Waals surface area (Å²) in [4.78, 5) is 11.7. The molecule has 20 heavy (non-hydrogen) atoms. The summed E-state index contributed by atoms with van der Waals surface area (Å²) < 4.78 is 5.56. The number of ether oxygens (including phenoxy) is 1. The first-order valence-electron chi connectivity index (χ1n) is 6.75. The van der Waals surface area contributed by atoms with Crippen molar-refractivity contribution >= 4 is 5.91 Å². The summed E-state index contributed by atoms with van der Waals surface area (Å²) in [7, 11) is 0. The number of aliphatic hydroxyl groups is 1. The normalized spacial score (nSPS) is 11.2. The molecule has 0 aliphatic heterocycles. The number of carbonyl (C=O) groups is 1. The fourth-order valence-corrected chi connectivity index (χ4v) is 1.69. The topological polar surface area (TPSA) is 70.6 Å². The molecule has 0 unspecified atom stereocenters. The maximum absolute atomic E-state index is 11.7. The SMILES string of the molecule is CC(C)(C)NC(=O)COc1ccccc1CNCCO. The van der Waals surface area contributed by atoms with Crippen molar-refractivity contribution in [3.8, 4) is 5.75 Å². The lowest BCUT2D eigenvalue weighted by Gasteiger charge is -2.20. The smallest absolute Gasteiger partial charge is 0.258 e. The molecule has 0 atom stereocenters. The van der Waals surface area contributed by atoms with E-state index >= 15 is 0 Å². The Labute approximate surface area is 120 Å². The summed E-state index contributed by atoms with van der Waals surface area (Å²) in [6.07, 6.45) is 0. The summed E-state index contributed by atoms with van der Waals surface area (Å²) >= 11 is 0. The van der Waals surface area contributed by atoms with E-state index in [0.29, 0.717) is 18.8 Å². The Morgan fingerprint density at radius 2 is 2.00 bits per heavy atom. The molecular weight excluding hydrogens is 256 g/mol. The van der Waals surface area contributed by atoms with Crippen LogP contribution in [0.25, 0.3) is 0 Å². The summed E-state index contributed by atoms with van der Waals surface area (Å²) in [6.45, 7) is 6.99. The number of benzene rings is 1. The highest BCUT2D eigenvalue weighted by Gasteiger charge is 2.14. The third-order valence-electron chi connectivity index (χ3n) is 2.45. The number of para-hydroxylation sites is 1. The van der Waals surface area contributed by atoms with E-state index in [1.165, 1.54) is 0 Å². The van der Waals surface area contributed by atoms with Gasteiger partial charge in [-0.3, -0.25) is 4.79 Å². The molecule has 5 heteroatoms. The second kappa shape index (κ2) is 7.87. The molecule has 0 spiro atoms. The van der Waals surface area contributed by atoms with Gasteiger partial charge in [0.25, 0.3) is 5.91 Å². The van der Waals surface area contributed by atoms with E-state index in [2.05, 4.69) is 10.6 Å². The Bertz CT molecular complexity index is 427. The highest BCUT2D eigenvalue weighted by Crippen LogP contribution is 2.17. The number of aliphatic hydroxyl groups excluding tert-OH is 1. The predicted molar refractivity (Wildman–Crippen MR) is 78.6 cm³/mol. The first kappa shape index (κ1) is 16.5. The van der Waals surface area contributed by atoms with Crippen LogP contribution in [0.3, 0.4) is 0 Å². The first-order valence-corrected chi connectivity index (χ1v) is 6.75. The molecule has 0 aliphatic rings. The van der Waals surface area contributed by atoms with Crippen molar-refractivity contribution < 1.29 is 14.6 Å². The van der Waals surface area contributed by atoms with Crippen LogP contribution in [0.1, 0.15) is 26.3 Å². The lowest BCUT2D eigenvalue weighted by Crippen LogP contribution is -2.43. The zero-order valence-electron chi connectivity index (χ0n) is 12.4. The van der Waals surface area contributed by atoms with Crippen LogP contribution < -0.4 is 15.4 Å². The fourth-order valence-electron chi connectivity index (χ4n) is 1.69. The van der Waals surface area contributed by atoms with Crippen molar-refractivity contribution in [3.63, 3.8) is 0 Å². The molecule has 1 amide bonds. The third kappa shape index (κ3) is 6.54. The van der Waals surface area contributed by atoms with Gasteiger partial charge in [0, 0.05) is 24.2 Å². The highest BCUT2D eigenvalue weighted by atomic mass is 16.5. The van der Waals surface area contributed by atoms with Gasteiger partial charge in [0.1, 0.15) is 5.75 Å². The van der Waals surface area contributed by atoms with Gasteiger partial charge in [0.15, 0.2) is 6.61 Å². The van der Waals surface area contributed by atoms with Crippen molar-refractivity contribution in [1.82, 2.24) is 10.6 Å². The standard InChI is InChI=1S/C15H24N2O3/c1-15(2,3)17-14(19)11-20-13-7-5-4-6-12(13)10-16-8-9-18/h4-7,16,18H,8-11H2,1-3H3,(H,17,19). The summed E-state index contributed by atoms with van der Waals surface area (Å²) in [5.74, 6) is 0.539. The second-order valence-electron chi connectivity index (χ2n) is 5.59. The van der Waals surface area contributed by atoms with Crippen LogP contribution in [-0.2, 0) is 11.3 Å². The predicted octanol–water partition coefficient (Wildman–Crippen LogP) is 1.06. The van der Waals surface area contributed by atoms with Crippen LogP contribution >= 0.6 is 0 Å². The van der Waals surface area contributed by atoms with Gasteiger partial charge >= 0.3 is 0 Å². The Balaban J connectivity index is 2.52. The fraction of sp³-hybridized carbons (Fsp3) is 0.533. The second-order valence-corrected chi connectivity index (χ2v) is 5.59. The van der Waals surface area contributed by atoms with Gasteiger partial charge in [-0.2, -0.15) is 0 Å². The van der Waals surface area contributed by atoms with Crippen molar-refractivity contribution in [2.24, 2.45) is 0 Å². The van der Waals surface area contributed by atoms with Crippen molar-refractivity contribution in [2.75, 3.05) is 19.8 Å². The van der Waals surface area contributed by atoms with Gasteiger partial charge in [-0.1, -0.05) is 18.2 Å². The van der Waals surface area contributed by atoms with E-state index in [-0.39, 0.29) is 24.7 Å². The molecule has 1 aromatic rings. The molecule has 0 radical (unpaired) electrons. The zero-order valence-corrected chi connectivity index (χ0v) is 12.4. The molecule has 0 aromatic heterocycles. The maximum Gasteiger partial charge on any atom is 0.258 e. The molecule has 0 bridgehead atoms. The summed E-state index contributed by atoms with van der Waals surface area (Å²) in [6, 6.07) is 7.55. The lowest BCUT2D eigenvalue weighted by molar-refractivity contribution is -0.124. The van der Waals surface area contributed by atoms with Gasteiger partial charge in [-0.05, 0) is 26.8 Å². The van der Waals surface area contributed by atoms with E-state index in [1.807, 2.05) is 45.0 Å². The van der Waals surface area contributed by atoms with Crippen LogP contribution in [0.5, 0.6) is 5.75 Å². The first-order chi connectivity index (χ1) is 9.42. The molecular formula is C15H24N2O3. The number of rotatable bonds is 7. The third-order valence-corrected chi connectivity index (χ3v) is 2.45. The Kier molecular flexibility index (Phi) is 6.48. The Hall–Kier alpha value is -1.59. The lowest BCUT2D eigenvalue weighted by atomic mass is 10.1. The number of nitrogens with one attached hydrogen (secondary N) is 2. The Morgan fingerprint density at radius 1 is 1.30 bits per heavy atom. The van der Waals surface area contributed by atoms with Gasteiger partial charge in [-0.25, -0.2) is 0 Å². The van der Waals surface area contributed by atoms with Crippen LogP contribution in [0, 0.1) is 0 Å². The van der Waals surface area contributed by atoms with Crippen molar-refractivity contribution in [1.29, 1.82) is 0 Å². The minimum absolute atomic E-state index is 0.00567. The molecule has 1 aromatic carbocycles. The van der Waals surface area contributed by atoms with Gasteiger partial charge < -0.3 is 20.5 Å². The Morgan fingerprint density at radius 3 is 2.65 bits per heavy atom. The van der Waals surface area contributed by atoms with Crippen LogP contribution in [0.2, 0.25) is 0 Å². The molecule has 5 nitrogen and oxygen atoms in total. The number of amides is 1. The molecule has 0 saturated heterocycles. The molecule has 112 valence electrons. The highest BCUT2D eigenvalue weighted by molar-refractivity contribution is 5.78. The number of hydrogen-bond donors (Lipinski definition) is 3. The van der Waals surface area contributed by atoms with E-state index in [9.17, 15) is 4.79 Å². The van der Waals surface area contributed by atoms with E-state index in [4.69, 9.17) is 9.84 Å². The minimum Gasteiger partial charge on any atom is -0.483 e. The molecule has 3 N–H and O–H groups in total. The molecule has 1 rings (SSSR count). The quantitative estimate of drug-likeness (QED) is 0.653. The average Bonchev–Trinajstić information content (AvgIpc) is 2.36. The molecule has 0 aliphatic carbocycles. The largest absolute Gasteiger partial charge is 0.483 e. The molecule has 0 saturated carbocycles. The van der Waals surface area contributed by atoms with Gasteiger partial charge in [0.05, 0.1) is 6.61 Å². The zero-order chi connectivity index (χ0) is 15.0. The van der Waals surface area contributed by atoms with Crippen molar-refractivity contribution in [3.05, 3.63) is 29.8 Å². The van der Waals surface area contributed by atoms with Gasteiger partial charge in [-0.15, -0.1) is 0 Å². The summed E-state index contributed by atoms with van der Waals surface area (Å²) in [5.41, 5.74) is 0.701.